The Labute approximate surface area is 161 Å². The van der Waals surface area contributed by atoms with E-state index < -0.39 is 6.16 Å². The van der Waals surface area contributed by atoms with Gasteiger partial charge in [-0.25, -0.2) is 4.79 Å². The van der Waals surface area contributed by atoms with Gasteiger partial charge < -0.3 is 19.2 Å². The lowest BCUT2D eigenvalue weighted by Crippen LogP contribution is -2.10. The zero-order valence-electron chi connectivity index (χ0n) is 15.3. The summed E-state index contributed by atoms with van der Waals surface area (Å²) >= 11 is 0. The van der Waals surface area contributed by atoms with E-state index >= 15 is 0 Å². The molecule has 1 heterocycles. The van der Waals surface area contributed by atoms with Gasteiger partial charge in [0.15, 0.2) is 0 Å². The fraction of sp³-hybridized carbons (Fsp3) is 0.250. The van der Waals surface area contributed by atoms with Gasteiger partial charge in [-0.3, -0.25) is 10.1 Å². The van der Waals surface area contributed by atoms with Crippen molar-refractivity contribution in [1.29, 1.82) is 0 Å². The van der Waals surface area contributed by atoms with Gasteiger partial charge in [-0.15, -0.1) is 0 Å². The van der Waals surface area contributed by atoms with Crippen molar-refractivity contribution in [1.82, 2.24) is 4.98 Å². The third kappa shape index (κ3) is 4.79. The number of nitro groups is 1. The summed E-state index contributed by atoms with van der Waals surface area (Å²) in [7, 11) is 0. The van der Waals surface area contributed by atoms with Gasteiger partial charge in [0.1, 0.15) is 12.4 Å². The molecule has 0 radical (unpaired) electrons. The number of carbonyl (C=O) groups excluding carboxylic acids is 1. The second kappa shape index (κ2) is 8.90. The molecule has 0 unspecified atom stereocenters. The third-order valence-electron chi connectivity index (χ3n) is 4.08. The lowest BCUT2D eigenvalue weighted by Gasteiger charge is -2.09. The number of fused-ring (bicyclic) bond motifs is 1. The molecular weight excluding hydrogens is 364 g/mol. The number of ether oxygens (including phenoxy) is 3. The topological polar surface area (TPSA) is 104 Å². The van der Waals surface area contributed by atoms with Gasteiger partial charge >= 0.3 is 6.16 Å². The number of hydrogen-bond donors (Lipinski definition) is 1. The molecule has 0 saturated heterocycles. The van der Waals surface area contributed by atoms with E-state index in [1.54, 1.807) is 25.1 Å². The van der Waals surface area contributed by atoms with E-state index in [0.717, 1.165) is 11.1 Å². The fourth-order valence-corrected chi connectivity index (χ4v) is 2.80. The second-order valence-corrected chi connectivity index (χ2v) is 6.01. The zero-order valence-corrected chi connectivity index (χ0v) is 15.3. The maximum Gasteiger partial charge on any atom is 0.515 e. The van der Waals surface area contributed by atoms with E-state index in [1.807, 2.05) is 30.3 Å². The Morgan fingerprint density at radius 2 is 1.96 bits per heavy atom. The minimum Gasteiger partial charge on any atom is -0.487 e. The molecule has 0 amide bonds. The molecule has 0 aliphatic heterocycles. The Balaban J connectivity index is 1.89. The molecule has 3 aromatic rings. The molecule has 0 saturated carbocycles. The summed E-state index contributed by atoms with van der Waals surface area (Å²) in [6, 6.07) is 14.8. The Morgan fingerprint density at radius 3 is 2.68 bits per heavy atom. The number of hydrogen-bond acceptors (Lipinski definition) is 6. The van der Waals surface area contributed by atoms with Crippen LogP contribution in [-0.4, -0.2) is 29.2 Å². The van der Waals surface area contributed by atoms with Crippen LogP contribution in [0.2, 0.25) is 0 Å². The van der Waals surface area contributed by atoms with Gasteiger partial charge in [-0.2, -0.15) is 0 Å². The van der Waals surface area contributed by atoms with Gasteiger partial charge in [0.2, 0.25) is 12.4 Å². The van der Waals surface area contributed by atoms with Crippen LogP contribution < -0.4 is 9.47 Å². The van der Waals surface area contributed by atoms with Crippen LogP contribution in [0.3, 0.4) is 0 Å². The van der Waals surface area contributed by atoms with E-state index in [4.69, 9.17) is 14.2 Å². The second-order valence-electron chi connectivity index (χ2n) is 6.01. The van der Waals surface area contributed by atoms with Gasteiger partial charge in [0.05, 0.1) is 12.1 Å². The number of nitrogens with one attached hydrogen (secondary N) is 1. The number of aromatic amines is 1. The minimum atomic E-state index is -0.826. The number of aromatic nitrogens is 1. The summed E-state index contributed by atoms with van der Waals surface area (Å²) in [5.41, 5.74) is 2.37. The molecule has 146 valence electrons. The van der Waals surface area contributed by atoms with Crippen molar-refractivity contribution in [3.05, 3.63) is 69.8 Å². The van der Waals surface area contributed by atoms with Crippen molar-refractivity contribution < 1.29 is 23.9 Å². The maximum atomic E-state index is 11.6. The van der Waals surface area contributed by atoms with Crippen molar-refractivity contribution in [2.24, 2.45) is 0 Å². The summed E-state index contributed by atoms with van der Waals surface area (Å²) in [5, 5.41) is 11.4. The number of nitrogens with zero attached hydrogens (tertiary/aromatic N) is 1. The molecule has 28 heavy (non-hydrogen) atoms. The van der Waals surface area contributed by atoms with Gasteiger partial charge in [0, 0.05) is 22.8 Å². The van der Waals surface area contributed by atoms with Gasteiger partial charge in [0.25, 0.3) is 0 Å². The zero-order chi connectivity index (χ0) is 19.9. The monoisotopic (exact) mass is 384 g/mol. The summed E-state index contributed by atoms with van der Waals surface area (Å²) in [5.74, 6) is 0.744. The fourth-order valence-electron chi connectivity index (χ4n) is 2.80. The Morgan fingerprint density at radius 1 is 1.18 bits per heavy atom. The van der Waals surface area contributed by atoms with Crippen LogP contribution in [0.1, 0.15) is 18.1 Å². The average Bonchev–Trinajstić information content (AvgIpc) is 3.09. The Bertz CT molecular complexity index is 967. The van der Waals surface area contributed by atoms with Crippen LogP contribution in [0, 0.1) is 10.1 Å². The van der Waals surface area contributed by atoms with Crippen LogP contribution in [0.4, 0.5) is 4.79 Å². The molecule has 0 bridgehead atoms. The first-order valence-corrected chi connectivity index (χ1v) is 8.84. The first-order chi connectivity index (χ1) is 13.6. The highest BCUT2D eigenvalue weighted by atomic mass is 16.7. The van der Waals surface area contributed by atoms with E-state index in [-0.39, 0.29) is 30.4 Å². The van der Waals surface area contributed by atoms with Crippen LogP contribution in [0.25, 0.3) is 10.9 Å². The smallest absolute Gasteiger partial charge is 0.487 e. The summed E-state index contributed by atoms with van der Waals surface area (Å²) < 4.78 is 15.8. The van der Waals surface area contributed by atoms with Crippen LogP contribution in [0.15, 0.2) is 48.5 Å². The average molecular weight is 384 g/mol. The molecule has 8 heteroatoms. The highest BCUT2D eigenvalue weighted by Gasteiger charge is 2.15. The molecule has 0 aliphatic carbocycles. The van der Waals surface area contributed by atoms with Crippen LogP contribution in [-0.2, 0) is 17.8 Å². The van der Waals surface area contributed by atoms with Crippen molar-refractivity contribution in [2.75, 3.05) is 13.2 Å². The number of rotatable bonds is 8. The van der Waals surface area contributed by atoms with E-state index in [0.29, 0.717) is 23.3 Å². The lowest BCUT2D eigenvalue weighted by atomic mass is 10.1. The predicted molar refractivity (Wildman–Crippen MR) is 102 cm³/mol. The first-order valence-electron chi connectivity index (χ1n) is 8.84. The molecule has 1 N–H and O–H groups in total. The maximum absolute atomic E-state index is 11.6. The molecule has 0 fully saturated rings. The number of benzene rings is 2. The predicted octanol–water partition coefficient (Wildman–Crippen LogP) is 4.10. The highest BCUT2D eigenvalue weighted by Crippen LogP contribution is 2.32. The van der Waals surface area contributed by atoms with Crippen LogP contribution in [0.5, 0.6) is 11.6 Å². The molecule has 2 aromatic carbocycles. The molecule has 0 atom stereocenters. The number of H-pyrrole nitrogens is 1. The molecular formula is C20H20N2O6. The summed E-state index contributed by atoms with van der Waals surface area (Å²) in [6.45, 7) is 2.03. The van der Waals surface area contributed by atoms with E-state index in [2.05, 4.69) is 4.98 Å². The van der Waals surface area contributed by atoms with Crippen molar-refractivity contribution in [3.8, 4) is 11.6 Å². The first kappa shape index (κ1) is 19.2. The molecule has 8 nitrogen and oxygen atoms in total. The van der Waals surface area contributed by atoms with Gasteiger partial charge in [-0.05, 0) is 24.1 Å². The largest absolute Gasteiger partial charge is 0.515 e. The van der Waals surface area contributed by atoms with Crippen LogP contribution >= 0.6 is 0 Å². The number of carbonyl (C=O) groups is 1. The third-order valence-corrected chi connectivity index (χ3v) is 4.08. The van der Waals surface area contributed by atoms with Gasteiger partial charge in [-0.1, -0.05) is 36.4 Å². The van der Waals surface area contributed by atoms with E-state index in [1.165, 1.54) is 0 Å². The highest BCUT2D eigenvalue weighted by molar-refractivity contribution is 5.90. The molecule has 3 rings (SSSR count). The quantitative estimate of drug-likeness (QED) is 0.356. The molecule has 0 spiro atoms. The SMILES string of the molecule is CCOC(=O)Oc1cc2c(CC[N+](=O)[O-])ccc(OCc3ccccc3)c2[nH]1. The normalized spacial score (nSPS) is 10.6. The Kier molecular flexibility index (Phi) is 6.11. The van der Waals surface area contributed by atoms with Crippen molar-refractivity contribution in [3.63, 3.8) is 0 Å². The van der Waals surface area contributed by atoms with E-state index in [9.17, 15) is 14.9 Å². The van der Waals surface area contributed by atoms with Crippen molar-refractivity contribution >= 4 is 17.1 Å². The molecule has 1 aromatic heterocycles. The molecule has 0 aliphatic rings. The summed E-state index contributed by atoms with van der Waals surface area (Å²) in [6.07, 6.45) is -0.577. The standard InChI is InChI=1S/C20H20N2O6/c1-2-26-20(23)28-18-12-16-15(10-11-22(24)25)8-9-17(19(16)21-18)27-13-14-6-4-3-5-7-14/h3-9,12,21H,2,10-11,13H2,1H3. The minimum absolute atomic E-state index is 0.187. The van der Waals surface area contributed by atoms with Crippen molar-refractivity contribution in [2.45, 2.75) is 20.0 Å². The Hall–Kier alpha value is -3.55. The lowest BCUT2D eigenvalue weighted by molar-refractivity contribution is -0.479. The summed E-state index contributed by atoms with van der Waals surface area (Å²) in [4.78, 5) is 25.0.